The van der Waals surface area contributed by atoms with Gasteiger partial charge in [0.05, 0.1) is 11.0 Å². The van der Waals surface area contributed by atoms with E-state index in [9.17, 15) is 22.8 Å². The number of carbonyl (C=O) groups excluding carboxylic acids is 2. The van der Waals surface area contributed by atoms with E-state index in [-0.39, 0.29) is 37.5 Å². The summed E-state index contributed by atoms with van der Waals surface area (Å²) < 4.78 is 42.0. The van der Waals surface area contributed by atoms with Crippen LogP contribution in [0.3, 0.4) is 0 Å². The monoisotopic (exact) mass is 582 g/mol. The Morgan fingerprint density at radius 2 is 1.58 bits per heavy atom. The molecular weight excluding hydrogens is 553 g/mol. The van der Waals surface area contributed by atoms with E-state index in [2.05, 4.69) is 9.97 Å². The van der Waals surface area contributed by atoms with E-state index in [0.717, 1.165) is 15.8 Å². The van der Waals surface area contributed by atoms with Gasteiger partial charge in [0, 0.05) is 42.1 Å². The maximum absolute atomic E-state index is 14.0. The molecule has 6 nitrogen and oxygen atoms in total. The Morgan fingerprint density at radius 3 is 2.37 bits per heavy atom. The standard InChI is InChI=1S/C34H29F3N4O2/c35-34(36,37)33(43)41(22-25-16-18-38-30-13-7-5-11-28(25)30)26-17-19-40(27(21-26)20-23-8-2-1-3-9-23)32(42)31-15-14-24-10-4-6-12-29(24)39-31/h1-16,18,26-27H,17,19-22H2/t26-,27+/m0/s1. The molecule has 0 aliphatic carbocycles. The van der Waals surface area contributed by atoms with E-state index in [4.69, 9.17) is 0 Å². The average molecular weight is 583 g/mol. The van der Waals surface area contributed by atoms with Gasteiger partial charge in [0.25, 0.3) is 5.91 Å². The van der Waals surface area contributed by atoms with E-state index in [1.54, 1.807) is 41.4 Å². The summed E-state index contributed by atoms with van der Waals surface area (Å²) >= 11 is 0. The lowest BCUT2D eigenvalue weighted by atomic mass is 9.90. The Bertz CT molecular complexity index is 1770. The van der Waals surface area contributed by atoms with E-state index >= 15 is 0 Å². The number of nitrogens with zero attached hydrogens (tertiary/aromatic N) is 4. The summed E-state index contributed by atoms with van der Waals surface area (Å²) in [4.78, 5) is 38.3. The molecule has 0 unspecified atom stereocenters. The number of para-hydroxylation sites is 2. The number of hydrogen-bond acceptors (Lipinski definition) is 4. The van der Waals surface area contributed by atoms with Gasteiger partial charge >= 0.3 is 12.1 Å². The number of hydrogen-bond donors (Lipinski definition) is 0. The predicted octanol–water partition coefficient (Wildman–Crippen LogP) is 6.59. The fraction of sp³-hybridized carbons (Fsp3) is 0.235. The van der Waals surface area contributed by atoms with Crippen LogP contribution in [0.2, 0.25) is 0 Å². The molecule has 0 radical (unpaired) electrons. The molecule has 1 aliphatic heterocycles. The molecule has 0 saturated carbocycles. The summed E-state index contributed by atoms with van der Waals surface area (Å²) in [5.41, 5.74) is 3.15. The molecule has 3 aromatic carbocycles. The SMILES string of the molecule is O=C(c1ccc2ccccc2n1)N1CC[C@H](N(Cc2ccnc3ccccc23)C(=O)C(F)(F)F)C[C@H]1Cc1ccccc1. The van der Waals surface area contributed by atoms with Crippen LogP contribution in [0.25, 0.3) is 21.8 Å². The number of piperidine rings is 1. The number of benzene rings is 3. The summed E-state index contributed by atoms with van der Waals surface area (Å²) in [5.74, 6) is -2.16. The highest BCUT2D eigenvalue weighted by molar-refractivity contribution is 5.95. The van der Waals surface area contributed by atoms with Gasteiger partial charge in [0.2, 0.25) is 0 Å². The fourth-order valence-electron chi connectivity index (χ4n) is 6.00. The van der Waals surface area contributed by atoms with Gasteiger partial charge in [-0.25, -0.2) is 4.98 Å². The average Bonchev–Trinajstić information content (AvgIpc) is 3.03. The highest BCUT2D eigenvalue weighted by atomic mass is 19.4. The predicted molar refractivity (Wildman–Crippen MR) is 158 cm³/mol. The van der Waals surface area contributed by atoms with Crippen molar-refractivity contribution in [2.45, 2.75) is 44.1 Å². The molecule has 0 N–H and O–H groups in total. The van der Waals surface area contributed by atoms with Crippen molar-refractivity contribution in [3.05, 3.63) is 120 Å². The highest BCUT2D eigenvalue weighted by Gasteiger charge is 2.46. The van der Waals surface area contributed by atoms with Crippen molar-refractivity contribution in [1.82, 2.24) is 19.8 Å². The largest absolute Gasteiger partial charge is 0.471 e. The van der Waals surface area contributed by atoms with Crippen molar-refractivity contribution in [2.75, 3.05) is 6.54 Å². The minimum absolute atomic E-state index is 0.189. The van der Waals surface area contributed by atoms with Crippen molar-refractivity contribution >= 4 is 33.6 Å². The van der Waals surface area contributed by atoms with Crippen molar-refractivity contribution in [3.8, 4) is 0 Å². The van der Waals surface area contributed by atoms with Crippen molar-refractivity contribution in [2.24, 2.45) is 0 Å². The Morgan fingerprint density at radius 1 is 0.860 bits per heavy atom. The third-order valence-corrected chi connectivity index (χ3v) is 8.10. The van der Waals surface area contributed by atoms with Crippen LogP contribution in [0.15, 0.2) is 103 Å². The first kappa shape index (κ1) is 28.3. The number of carbonyl (C=O) groups is 2. The van der Waals surface area contributed by atoms with Crippen LogP contribution >= 0.6 is 0 Å². The van der Waals surface area contributed by atoms with Crippen LogP contribution in [-0.4, -0.2) is 56.4 Å². The Labute approximate surface area is 246 Å². The number of halogens is 3. The third-order valence-electron chi connectivity index (χ3n) is 8.10. The van der Waals surface area contributed by atoms with Gasteiger partial charge in [-0.2, -0.15) is 13.2 Å². The molecular formula is C34H29F3N4O2. The number of rotatable bonds is 6. The fourth-order valence-corrected chi connectivity index (χ4v) is 6.00. The highest BCUT2D eigenvalue weighted by Crippen LogP contribution is 2.32. The molecule has 43 heavy (non-hydrogen) atoms. The Balaban J connectivity index is 1.33. The van der Waals surface area contributed by atoms with E-state index in [1.807, 2.05) is 66.7 Å². The Kier molecular flexibility index (Phi) is 7.80. The van der Waals surface area contributed by atoms with Gasteiger partial charge < -0.3 is 9.80 Å². The smallest absolute Gasteiger partial charge is 0.334 e. The van der Waals surface area contributed by atoms with Crippen LogP contribution in [0.4, 0.5) is 13.2 Å². The van der Waals surface area contributed by atoms with Gasteiger partial charge in [-0.05, 0) is 54.7 Å². The number of likely N-dealkylation sites (tertiary alicyclic amines) is 1. The van der Waals surface area contributed by atoms with Gasteiger partial charge in [-0.1, -0.05) is 72.8 Å². The second-order valence-electron chi connectivity index (χ2n) is 10.8. The van der Waals surface area contributed by atoms with Crippen LogP contribution in [0, 0.1) is 0 Å². The summed E-state index contributed by atoms with van der Waals surface area (Å²) in [5, 5.41) is 1.60. The van der Waals surface area contributed by atoms with E-state index < -0.39 is 24.2 Å². The molecule has 5 aromatic rings. The zero-order chi connectivity index (χ0) is 30.0. The van der Waals surface area contributed by atoms with Crippen LogP contribution in [0.5, 0.6) is 0 Å². The second kappa shape index (κ2) is 11.8. The minimum atomic E-state index is -5.04. The summed E-state index contributed by atoms with van der Waals surface area (Å²) in [7, 11) is 0. The first-order chi connectivity index (χ1) is 20.8. The van der Waals surface area contributed by atoms with Gasteiger partial charge in [0.15, 0.2) is 0 Å². The quantitative estimate of drug-likeness (QED) is 0.227. The zero-order valence-electron chi connectivity index (χ0n) is 23.2. The molecule has 2 atom stereocenters. The first-order valence-corrected chi connectivity index (χ1v) is 14.2. The van der Waals surface area contributed by atoms with Crippen molar-refractivity contribution in [1.29, 1.82) is 0 Å². The number of pyridine rings is 2. The molecule has 0 spiro atoms. The summed E-state index contributed by atoms with van der Waals surface area (Å²) in [6, 6.07) is 28.2. The Hall–Kier alpha value is -4.79. The maximum atomic E-state index is 14.0. The van der Waals surface area contributed by atoms with Gasteiger partial charge in [-0.3, -0.25) is 14.6 Å². The first-order valence-electron chi connectivity index (χ1n) is 14.2. The minimum Gasteiger partial charge on any atom is -0.334 e. The topological polar surface area (TPSA) is 66.4 Å². The molecule has 1 aliphatic rings. The molecule has 2 amide bonds. The molecule has 1 fully saturated rings. The summed E-state index contributed by atoms with van der Waals surface area (Å²) in [6.45, 7) is -0.0293. The third kappa shape index (κ3) is 6.07. The molecule has 9 heteroatoms. The lowest BCUT2D eigenvalue weighted by Gasteiger charge is -2.44. The van der Waals surface area contributed by atoms with E-state index in [1.165, 1.54) is 0 Å². The van der Waals surface area contributed by atoms with Gasteiger partial charge in [0.1, 0.15) is 5.69 Å². The zero-order valence-corrected chi connectivity index (χ0v) is 23.2. The number of alkyl halides is 3. The molecule has 6 rings (SSSR count). The number of aromatic nitrogens is 2. The van der Waals surface area contributed by atoms with Crippen molar-refractivity contribution < 1.29 is 22.8 Å². The van der Waals surface area contributed by atoms with Gasteiger partial charge in [-0.15, -0.1) is 0 Å². The lowest BCUT2D eigenvalue weighted by molar-refractivity contribution is -0.189. The van der Waals surface area contributed by atoms with E-state index in [0.29, 0.717) is 28.4 Å². The van der Waals surface area contributed by atoms with Crippen molar-refractivity contribution in [3.63, 3.8) is 0 Å². The maximum Gasteiger partial charge on any atom is 0.471 e. The van der Waals surface area contributed by atoms with Crippen LogP contribution in [0.1, 0.15) is 34.5 Å². The normalized spacial score (nSPS) is 17.2. The molecule has 0 bridgehead atoms. The van der Waals surface area contributed by atoms with Crippen LogP contribution in [-0.2, 0) is 17.8 Å². The lowest BCUT2D eigenvalue weighted by Crippen LogP contribution is -2.55. The molecule has 1 saturated heterocycles. The summed E-state index contributed by atoms with van der Waals surface area (Å²) in [6.07, 6.45) is -2.67. The van der Waals surface area contributed by atoms with Crippen LogP contribution < -0.4 is 0 Å². The molecule has 218 valence electrons. The number of amides is 2. The number of fused-ring (bicyclic) bond motifs is 2. The molecule has 2 aromatic heterocycles. The second-order valence-corrected chi connectivity index (χ2v) is 10.8. The molecule has 3 heterocycles.